The van der Waals surface area contributed by atoms with Gasteiger partial charge in [0.2, 0.25) is 11.8 Å². The van der Waals surface area contributed by atoms with Gasteiger partial charge in [-0.1, -0.05) is 0 Å². The minimum atomic E-state index is -0.0414. The molecule has 1 saturated heterocycles. The number of nitriles is 1. The minimum Gasteiger partial charge on any atom is -0.492 e. The summed E-state index contributed by atoms with van der Waals surface area (Å²) in [7, 11) is 1.60. The van der Waals surface area contributed by atoms with Gasteiger partial charge in [0.05, 0.1) is 37.2 Å². The number of aryl methyl sites for hydroxylation is 1. The van der Waals surface area contributed by atoms with Crippen LogP contribution in [0.2, 0.25) is 0 Å². The maximum atomic E-state index is 9.29. The number of hydrogen-bond donors (Lipinski definition) is 0. The van der Waals surface area contributed by atoms with Gasteiger partial charge in [0, 0.05) is 30.1 Å². The van der Waals surface area contributed by atoms with Crippen molar-refractivity contribution in [3.05, 3.63) is 53.5 Å². The lowest BCUT2D eigenvalue weighted by molar-refractivity contribution is 0.229. The topological polar surface area (TPSA) is 89.1 Å². The molecule has 8 nitrogen and oxygen atoms in total. The van der Waals surface area contributed by atoms with E-state index in [0.29, 0.717) is 18.1 Å². The number of anilines is 1. The van der Waals surface area contributed by atoms with Gasteiger partial charge in [-0.05, 0) is 44.0 Å². The van der Waals surface area contributed by atoms with E-state index in [1.165, 1.54) is 5.56 Å². The molecule has 30 heavy (non-hydrogen) atoms. The van der Waals surface area contributed by atoms with Crippen molar-refractivity contribution in [2.45, 2.75) is 25.2 Å². The van der Waals surface area contributed by atoms with Crippen LogP contribution in [-0.2, 0) is 5.41 Å². The van der Waals surface area contributed by atoms with E-state index in [1.807, 2.05) is 41.8 Å². The predicted molar refractivity (Wildman–Crippen MR) is 110 cm³/mol. The van der Waals surface area contributed by atoms with Crippen LogP contribution in [-0.4, -0.2) is 46.6 Å². The molecule has 4 heterocycles. The molecule has 2 aliphatic rings. The first kappa shape index (κ1) is 18.4. The molecule has 1 spiro atoms. The molecule has 152 valence electrons. The van der Waals surface area contributed by atoms with Crippen LogP contribution < -0.4 is 14.4 Å². The number of ether oxygens (including phenoxy) is 2. The molecule has 0 amide bonds. The lowest BCUT2D eigenvalue weighted by Gasteiger charge is -2.38. The molecular formula is C22H22N6O2. The maximum Gasteiger partial charge on any atom is 0.231 e. The molecule has 1 aromatic carbocycles. The standard InChI is InChI=1S/C22H22N6O2/c1-15-25-26-21(28(15)17-4-6-20(29-2)24-13-17)27-9-7-22(8-10-27)14-30-19-5-3-16(12-23)11-18(19)22/h3-6,11,13H,7-10,14H2,1-2H3. The molecule has 2 aliphatic heterocycles. The van der Waals surface area contributed by atoms with Crippen molar-refractivity contribution in [3.8, 4) is 23.4 Å². The Bertz CT molecular complexity index is 1120. The first-order valence-electron chi connectivity index (χ1n) is 9.98. The van der Waals surface area contributed by atoms with Crippen molar-refractivity contribution >= 4 is 5.95 Å². The smallest absolute Gasteiger partial charge is 0.231 e. The van der Waals surface area contributed by atoms with Gasteiger partial charge in [0.15, 0.2) is 0 Å². The number of piperidine rings is 1. The van der Waals surface area contributed by atoms with Crippen molar-refractivity contribution in [1.82, 2.24) is 19.7 Å². The summed E-state index contributed by atoms with van der Waals surface area (Å²) in [6, 6.07) is 11.8. The lowest BCUT2D eigenvalue weighted by Crippen LogP contribution is -2.44. The van der Waals surface area contributed by atoms with Crippen LogP contribution in [0.1, 0.15) is 29.8 Å². The first-order chi connectivity index (χ1) is 14.6. The van der Waals surface area contributed by atoms with Crippen molar-refractivity contribution < 1.29 is 9.47 Å². The van der Waals surface area contributed by atoms with Gasteiger partial charge < -0.3 is 14.4 Å². The number of nitrogens with zero attached hydrogens (tertiary/aromatic N) is 6. The molecule has 2 aromatic heterocycles. The molecule has 0 aliphatic carbocycles. The number of methoxy groups -OCH3 is 1. The molecule has 1 fully saturated rings. The van der Waals surface area contributed by atoms with Crippen molar-refractivity contribution in [2.24, 2.45) is 0 Å². The fourth-order valence-electron chi connectivity index (χ4n) is 4.47. The average molecular weight is 402 g/mol. The Kier molecular flexibility index (Phi) is 4.31. The maximum absolute atomic E-state index is 9.29. The molecule has 8 heteroatoms. The van der Waals surface area contributed by atoms with E-state index >= 15 is 0 Å². The zero-order valence-electron chi connectivity index (χ0n) is 17.0. The molecule has 0 bridgehead atoms. The number of hydrogen-bond acceptors (Lipinski definition) is 7. The van der Waals surface area contributed by atoms with Crippen molar-refractivity contribution in [2.75, 3.05) is 31.7 Å². The summed E-state index contributed by atoms with van der Waals surface area (Å²) in [6.07, 6.45) is 3.64. The van der Waals surface area contributed by atoms with Gasteiger partial charge in [-0.3, -0.25) is 4.57 Å². The number of fused-ring (bicyclic) bond motifs is 2. The summed E-state index contributed by atoms with van der Waals surface area (Å²) in [5.74, 6) is 3.11. The fraction of sp³-hybridized carbons (Fsp3) is 0.364. The van der Waals surface area contributed by atoms with E-state index in [0.717, 1.165) is 49.1 Å². The zero-order chi connectivity index (χ0) is 20.7. The van der Waals surface area contributed by atoms with E-state index < -0.39 is 0 Å². The molecule has 0 saturated carbocycles. The Morgan fingerprint density at radius 2 is 2.00 bits per heavy atom. The van der Waals surface area contributed by atoms with E-state index in [2.05, 4.69) is 26.2 Å². The summed E-state index contributed by atoms with van der Waals surface area (Å²) >= 11 is 0. The zero-order valence-corrected chi connectivity index (χ0v) is 17.0. The highest BCUT2D eigenvalue weighted by Crippen LogP contribution is 2.46. The first-order valence-corrected chi connectivity index (χ1v) is 9.98. The monoisotopic (exact) mass is 402 g/mol. The lowest BCUT2D eigenvalue weighted by atomic mass is 9.74. The van der Waals surface area contributed by atoms with Crippen LogP contribution in [0.5, 0.6) is 11.6 Å². The van der Waals surface area contributed by atoms with Gasteiger partial charge in [0.25, 0.3) is 0 Å². The van der Waals surface area contributed by atoms with Crippen LogP contribution >= 0.6 is 0 Å². The number of pyridine rings is 1. The van der Waals surface area contributed by atoms with Crippen LogP contribution in [0.25, 0.3) is 5.69 Å². The molecule has 0 unspecified atom stereocenters. The summed E-state index contributed by atoms with van der Waals surface area (Å²) in [5, 5.41) is 18.1. The Morgan fingerprint density at radius 1 is 1.17 bits per heavy atom. The van der Waals surface area contributed by atoms with Crippen molar-refractivity contribution in [3.63, 3.8) is 0 Å². The van der Waals surface area contributed by atoms with E-state index in [1.54, 1.807) is 13.3 Å². The third-order valence-electron chi connectivity index (χ3n) is 6.18. The minimum absolute atomic E-state index is 0.0414. The van der Waals surface area contributed by atoms with E-state index in [-0.39, 0.29) is 5.41 Å². The molecule has 0 radical (unpaired) electrons. The highest BCUT2D eigenvalue weighted by Gasteiger charge is 2.44. The van der Waals surface area contributed by atoms with Crippen LogP contribution in [0.4, 0.5) is 5.95 Å². The second kappa shape index (κ2) is 7.02. The van der Waals surface area contributed by atoms with Crippen LogP contribution in [0, 0.1) is 18.3 Å². The van der Waals surface area contributed by atoms with Crippen LogP contribution in [0.3, 0.4) is 0 Å². The molecule has 3 aromatic rings. The van der Waals surface area contributed by atoms with Crippen molar-refractivity contribution in [1.29, 1.82) is 5.26 Å². The van der Waals surface area contributed by atoms with E-state index in [9.17, 15) is 5.26 Å². The highest BCUT2D eigenvalue weighted by atomic mass is 16.5. The van der Waals surface area contributed by atoms with Gasteiger partial charge >= 0.3 is 0 Å². The highest BCUT2D eigenvalue weighted by molar-refractivity contribution is 5.51. The van der Waals surface area contributed by atoms with Gasteiger partial charge in [0.1, 0.15) is 11.6 Å². The second-order valence-electron chi connectivity index (χ2n) is 7.82. The SMILES string of the molecule is COc1ccc(-n2c(C)nnc2N2CCC3(CC2)COc2ccc(C#N)cc23)cn1. The fourth-order valence-corrected chi connectivity index (χ4v) is 4.47. The van der Waals surface area contributed by atoms with E-state index in [4.69, 9.17) is 9.47 Å². The average Bonchev–Trinajstić information content (AvgIpc) is 3.35. The Hall–Kier alpha value is -3.60. The molecule has 0 atom stereocenters. The van der Waals surface area contributed by atoms with Crippen LogP contribution in [0.15, 0.2) is 36.5 Å². The third-order valence-corrected chi connectivity index (χ3v) is 6.18. The molecule has 5 rings (SSSR count). The predicted octanol–water partition coefficient (Wildman–Crippen LogP) is 2.78. The molecular weight excluding hydrogens is 380 g/mol. The quantitative estimate of drug-likeness (QED) is 0.665. The third kappa shape index (κ3) is 2.86. The Balaban J connectivity index is 1.41. The van der Waals surface area contributed by atoms with Gasteiger partial charge in [-0.15, -0.1) is 10.2 Å². The normalized spacial score (nSPS) is 16.8. The number of rotatable bonds is 3. The van der Waals surface area contributed by atoms with Gasteiger partial charge in [-0.25, -0.2) is 4.98 Å². The second-order valence-corrected chi connectivity index (χ2v) is 7.82. The number of aromatic nitrogens is 4. The summed E-state index contributed by atoms with van der Waals surface area (Å²) in [5.41, 5.74) is 2.71. The largest absolute Gasteiger partial charge is 0.492 e. The summed E-state index contributed by atoms with van der Waals surface area (Å²) in [4.78, 5) is 6.59. The Labute approximate surface area is 174 Å². The molecule has 0 N–H and O–H groups in total. The summed E-state index contributed by atoms with van der Waals surface area (Å²) < 4.78 is 13.2. The number of benzene rings is 1. The summed E-state index contributed by atoms with van der Waals surface area (Å²) in [6.45, 7) is 4.28. The van der Waals surface area contributed by atoms with Gasteiger partial charge in [-0.2, -0.15) is 5.26 Å². The Morgan fingerprint density at radius 3 is 2.70 bits per heavy atom.